The van der Waals surface area contributed by atoms with Gasteiger partial charge in [0.25, 0.3) is 0 Å². The van der Waals surface area contributed by atoms with Gasteiger partial charge < -0.3 is 15.2 Å². The van der Waals surface area contributed by atoms with E-state index >= 15 is 0 Å². The smallest absolute Gasteiger partial charge is 0.337 e. The molecule has 0 fully saturated rings. The lowest BCUT2D eigenvalue weighted by Gasteiger charge is -2.06. The van der Waals surface area contributed by atoms with Gasteiger partial charge in [0.05, 0.1) is 21.4 Å². The third-order valence-electron chi connectivity index (χ3n) is 3.50. The second kappa shape index (κ2) is 10.3. The Kier molecular flexibility index (Phi) is 7.79. The van der Waals surface area contributed by atoms with Gasteiger partial charge >= 0.3 is 5.97 Å². The van der Waals surface area contributed by atoms with E-state index in [2.05, 4.69) is 15.5 Å². The SMILES string of the molecule is O=C(CSc1nnc(COc2ccc(Cl)cc2Cl)s1)Nc1ccc(Cl)c(C(=O)O)c1. The van der Waals surface area contributed by atoms with E-state index in [0.717, 1.165) is 0 Å². The number of carbonyl (C=O) groups excluding carboxylic acids is 1. The first-order valence-electron chi connectivity index (χ1n) is 8.17. The number of hydrogen-bond acceptors (Lipinski definition) is 7. The molecule has 7 nitrogen and oxygen atoms in total. The third kappa shape index (κ3) is 6.23. The lowest BCUT2D eigenvalue weighted by Crippen LogP contribution is -2.14. The first kappa shape index (κ1) is 22.6. The van der Waals surface area contributed by atoms with Crippen molar-refractivity contribution in [1.29, 1.82) is 0 Å². The topological polar surface area (TPSA) is 101 Å². The van der Waals surface area contributed by atoms with Gasteiger partial charge in [-0.15, -0.1) is 10.2 Å². The predicted octanol–water partition coefficient (Wildman–Crippen LogP) is 5.51. The molecule has 1 aromatic heterocycles. The third-order valence-corrected chi connectivity index (χ3v) is 6.39. The first-order valence-corrected chi connectivity index (χ1v) is 11.1. The molecule has 30 heavy (non-hydrogen) atoms. The average Bonchev–Trinajstić information content (AvgIpc) is 3.15. The molecule has 3 aromatic rings. The van der Waals surface area contributed by atoms with E-state index in [9.17, 15) is 9.59 Å². The van der Waals surface area contributed by atoms with Gasteiger partial charge in [-0.25, -0.2) is 4.79 Å². The number of thioether (sulfide) groups is 1. The highest BCUT2D eigenvalue weighted by Gasteiger charge is 2.13. The van der Waals surface area contributed by atoms with Crippen LogP contribution in [0.15, 0.2) is 40.7 Å². The minimum Gasteiger partial charge on any atom is -0.485 e. The van der Waals surface area contributed by atoms with E-state index in [0.29, 0.717) is 30.8 Å². The Morgan fingerprint density at radius 2 is 1.90 bits per heavy atom. The molecule has 3 rings (SSSR count). The summed E-state index contributed by atoms with van der Waals surface area (Å²) < 4.78 is 6.20. The zero-order valence-electron chi connectivity index (χ0n) is 14.9. The predicted molar refractivity (Wildman–Crippen MR) is 118 cm³/mol. The lowest BCUT2D eigenvalue weighted by atomic mass is 10.2. The van der Waals surface area contributed by atoms with Crippen LogP contribution in [0.2, 0.25) is 15.1 Å². The zero-order chi connectivity index (χ0) is 21.7. The van der Waals surface area contributed by atoms with Crippen molar-refractivity contribution in [1.82, 2.24) is 10.2 Å². The number of carboxylic acid groups (broad SMARTS) is 1. The fourth-order valence-electron chi connectivity index (χ4n) is 2.18. The molecule has 0 radical (unpaired) electrons. The average molecular weight is 505 g/mol. The van der Waals surface area contributed by atoms with Gasteiger partial charge in [-0.2, -0.15) is 0 Å². The van der Waals surface area contributed by atoms with Crippen molar-refractivity contribution < 1.29 is 19.4 Å². The minimum absolute atomic E-state index is 0.0730. The molecule has 0 bridgehead atoms. The molecule has 0 aliphatic rings. The van der Waals surface area contributed by atoms with Crippen LogP contribution in [0.5, 0.6) is 5.75 Å². The maximum Gasteiger partial charge on any atom is 0.337 e. The number of halogens is 3. The van der Waals surface area contributed by atoms with E-state index in [1.807, 2.05) is 0 Å². The van der Waals surface area contributed by atoms with Crippen LogP contribution in [0.4, 0.5) is 5.69 Å². The number of ether oxygens (including phenoxy) is 1. The van der Waals surface area contributed by atoms with Crippen molar-refractivity contribution in [3.05, 3.63) is 62.0 Å². The number of aromatic carboxylic acids is 1. The molecule has 0 unspecified atom stereocenters. The van der Waals surface area contributed by atoms with Gasteiger partial charge in [0.2, 0.25) is 5.91 Å². The van der Waals surface area contributed by atoms with Crippen LogP contribution in [0, 0.1) is 0 Å². The molecule has 0 aliphatic heterocycles. The molecule has 12 heteroatoms. The highest BCUT2D eigenvalue weighted by molar-refractivity contribution is 8.01. The van der Waals surface area contributed by atoms with Crippen LogP contribution in [0.3, 0.4) is 0 Å². The van der Waals surface area contributed by atoms with Gasteiger partial charge in [0.1, 0.15) is 12.4 Å². The molecule has 1 heterocycles. The quantitative estimate of drug-likeness (QED) is 0.390. The number of carbonyl (C=O) groups is 2. The van der Waals surface area contributed by atoms with Crippen molar-refractivity contribution >= 4 is 75.5 Å². The molecule has 1 amide bonds. The minimum atomic E-state index is -1.17. The van der Waals surface area contributed by atoms with Crippen LogP contribution in [0.25, 0.3) is 0 Å². The number of anilines is 1. The fraction of sp³-hybridized carbons (Fsp3) is 0.111. The van der Waals surface area contributed by atoms with Crippen LogP contribution >= 0.6 is 57.9 Å². The van der Waals surface area contributed by atoms with Gasteiger partial charge in [-0.3, -0.25) is 4.79 Å². The molecule has 0 aliphatic carbocycles. The molecule has 156 valence electrons. The largest absolute Gasteiger partial charge is 0.485 e. The number of nitrogens with zero attached hydrogens (tertiary/aromatic N) is 2. The number of nitrogens with one attached hydrogen (secondary N) is 1. The van der Waals surface area contributed by atoms with E-state index in [4.69, 9.17) is 44.6 Å². The van der Waals surface area contributed by atoms with Crippen molar-refractivity contribution in [2.75, 3.05) is 11.1 Å². The summed E-state index contributed by atoms with van der Waals surface area (Å²) in [6.07, 6.45) is 0. The Labute approximate surface area is 194 Å². The second-order valence-electron chi connectivity index (χ2n) is 5.66. The van der Waals surface area contributed by atoms with Crippen LogP contribution in [-0.4, -0.2) is 32.9 Å². The molecule has 0 atom stereocenters. The molecule has 0 spiro atoms. The Hall–Kier alpha value is -2.04. The van der Waals surface area contributed by atoms with Crippen LogP contribution in [-0.2, 0) is 11.4 Å². The standard InChI is InChI=1S/C18H12Cl3N3O4S2/c19-9-1-4-14(13(21)5-9)28-7-16-23-24-18(30-16)29-8-15(25)22-10-2-3-12(20)11(6-10)17(26)27/h1-6H,7-8H2,(H,22,25)(H,26,27). The summed E-state index contributed by atoms with van der Waals surface area (Å²) in [6.45, 7) is 0.175. The van der Waals surface area contributed by atoms with Crippen molar-refractivity contribution in [2.24, 2.45) is 0 Å². The number of benzene rings is 2. The number of hydrogen-bond donors (Lipinski definition) is 2. The Bertz CT molecular complexity index is 1090. The number of aromatic nitrogens is 2. The van der Waals surface area contributed by atoms with Gasteiger partial charge in [-0.1, -0.05) is 57.9 Å². The lowest BCUT2D eigenvalue weighted by molar-refractivity contribution is -0.113. The number of carboxylic acids is 1. The summed E-state index contributed by atoms with van der Waals surface area (Å²) in [5, 5.41) is 21.4. The van der Waals surface area contributed by atoms with Crippen LogP contribution in [0.1, 0.15) is 15.4 Å². The Morgan fingerprint density at radius 1 is 1.10 bits per heavy atom. The van der Waals surface area contributed by atoms with E-state index < -0.39 is 5.97 Å². The number of rotatable bonds is 8. The summed E-state index contributed by atoms with van der Waals surface area (Å²) in [5.74, 6) is -0.939. The summed E-state index contributed by atoms with van der Waals surface area (Å²) in [6, 6.07) is 9.16. The second-order valence-corrected chi connectivity index (χ2v) is 9.20. The van der Waals surface area contributed by atoms with Gasteiger partial charge in [0, 0.05) is 10.7 Å². The molecule has 0 saturated heterocycles. The molecule has 0 saturated carbocycles. The van der Waals surface area contributed by atoms with Crippen molar-refractivity contribution in [3.8, 4) is 5.75 Å². The Morgan fingerprint density at radius 3 is 2.63 bits per heavy atom. The van der Waals surface area contributed by atoms with E-state index in [1.165, 1.54) is 41.3 Å². The summed E-state index contributed by atoms with van der Waals surface area (Å²) in [4.78, 5) is 23.2. The fourth-order valence-corrected chi connectivity index (χ4v) is 4.45. The maximum atomic E-state index is 12.1. The molecule has 2 N–H and O–H groups in total. The van der Waals surface area contributed by atoms with E-state index in [-0.39, 0.29) is 28.9 Å². The normalized spacial score (nSPS) is 10.6. The van der Waals surface area contributed by atoms with Gasteiger partial charge in [0.15, 0.2) is 9.35 Å². The number of amides is 1. The van der Waals surface area contributed by atoms with Crippen LogP contribution < -0.4 is 10.1 Å². The molecule has 2 aromatic carbocycles. The molecular formula is C18H12Cl3N3O4S2. The highest BCUT2D eigenvalue weighted by Crippen LogP contribution is 2.29. The summed E-state index contributed by atoms with van der Waals surface area (Å²) >= 11 is 20.2. The monoisotopic (exact) mass is 503 g/mol. The summed E-state index contributed by atoms with van der Waals surface area (Å²) in [7, 11) is 0. The summed E-state index contributed by atoms with van der Waals surface area (Å²) in [5.41, 5.74) is 0.255. The van der Waals surface area contributed by atoms with Gasteiger partial charge in [-0.05, 0) is 36.4 Å². The Balaban J connectivity index is 1.50. The molecular weight excluding hydrogens is 493 g/mol. The zero-order valence-corrected chi connectivity index (χ0v) is 18.8. The van der Waals surface area contributed by atoms with E-state index in [1.54, 1.807) is 18.2 Å². The first-order chi connectivity index (χ1) is 14.3. The van der Waals surface area contributed by atoms with Crippen molar-refractivity contribution in [2.45, 2.75) is 10.9 Å². The van der Waals surface area contributed by atoms with Crippen molar-refractivity contribution in [3.63, 3.8) is 0 Å². The highest BCUT2D eigenvalue weighted by atomic mass is 35.5. The maximum absolute atomic E-state index is 12.1.